The second-order valence-electron chi connectivity index (χ2n) is 4.12. The molecule has 0 saturated carbocycles. The summed E-state index contributed by atoms with van der Waals surface area (Å²) in [5.74, 6) is 2.81. The van der Waals surface area contributed by atoms with Crippen molar-refractivity contribution in [3.8, 4) is 24.0 Å². The van der Waals surface area contributed by atoms with Crippen LogP contribution >= 0.6 is 0 Å². The smallest absolute Gasteiger partial charge is 0.369 e. The van der Waals surface area contributed by atoms with Gasteiger partial charge in [-0.3, -0.25) is 5.09 Å². The zero-order chi connectivity index (χ0) is 16.4. The standard InChI is InChI=1S/C12H10N8O2/c1-3-9-8(6-22-10-4-5-15-16-10)11(14-7-13-9)20-12(21)19(2)17-18-20/h1,4-5,7H,6H2,2H3,(H,15,16)/i/hT. The molecule has 3 rings (SSSR count). The third kappa shape index (κ3) is 2.31. The molecule has 10 heteroatoms. The van der Waals surface area contributed by atoms with Gasteiger partial charge in [0, 0.05) is 19.3 Å². The molecule has 22 heavy (non-hydrogen) atoms. The van der Waals surface area contributed by atoms with E-state index in [9.17, 15) is 4.79 Å². The van der Waals surface area contributed by atoms with E-state index in [-0.39, 0.29) is 24.0 Å². The van der Waals surface area contributed by atoms with E-state index in [1.54, 1.807) is 0 Å². The number of tetrazole rings is 1. The van der Waals surface area contributed by atoms with Gasteiger partial charge in [0.1, 0.15) is 18.6 Å². The molecular weight excluding hydrogens is 288 g/mol. The largest absolute Gasteiger partial charge is 0.471 e. The third-order valence-electron chi connectivity index (χ3n) is 2.79. The maximum Gasteiger partial charge on any atom is 0.369 e. The SMILES string of the molecule is [3H]n1ccc(OCc2c(C#C)ncnc2-n2nnn(C)c2=O)n1. The molecule has 3 aromatic heterocycles. The van der Waals surface area contributed by atoms with Gasteiger partial charge >= 0.3 is 5.69 Å². The lowest BCUT2D eigenvalue weighted by Gasteiger charge is -2.08. The highest BCUT2D eigenvalue weighted by Crippen LogP contribution is 2.15. The van der Waals surface area contributed by atoms with Gasteiger partial charge in [0.05, 0.1) is 5.56 Å². The fourth-order valence-corrected chi connectivity index (χ4v) is 1.73. The molecule has 0 atom stereocenters. The molecule has 0 aliphatic rings. The van der Waals surface area contributed by atoms with Crippen LogP contribution in [0.4, 0.5) is 0 Å². The van der Waals surface area contributed by atoms with Crippen LogP contribution < -0.4 is 10.4 Å². The highest BCUT2D eigenvalue weighted by Gasteiger charge is 2.17. The quantitative estimate of drug-likeness (QED) is 0.617. The summed E-state index contributed by atoms with van der Waals surface area (Å²) >= 11 is 0. The molecule has 0 spiro atoms. The lowest BCUT2D eigenvalue weighted by atomic mass is 10.2. The molecule has 0 fully saturated rings. The molecule has 0 saturated heterocycles. The average molecular weight is 300 g/mol. The number of terminal acetylenes is 1. The Morgan fingerprint density at radius 2 is 2.36 bits per heavy atom. The van der Waals surface area contributed by atoms with Gasteiger partial charge in [-0.15, -0.1) is 16.2 Å². The monoisotopic (exact) mass is 300 g/mol. The van der Waals surface area contributed by atoms with Crippen molar-refractivity contribution in [2.75, 3.05) is 0 Å². The van der Waals surface area contributed by atoms with Crippen molar-refractivity contribution >= 4 is 0 Å². The van der Waals surface area contributed by atoms with Crippen molar-refractivity contribution in [3.63, 3.8) is 0 Å². The van der Waals surface area contributed by atoms with Crippen LogP contribution in [0.1, 0.15) is 11.3 Å². The minimum Gasteiger partial charge on any atom is -0.471 e. The van der Waals surface area contributed by atoms with Gasteiger partial charge in [-0.25, -0.2) is 14.8 Å². The summed E-state index contributed by atoms with van der Waals surface area (Å²) in [6.07, 6.45) is 8.08. The molecule has 0 radical (unpaired) electrons. The first-order valence-corrected chi connectivity index (χ1v) is 6.07. The molecule has 0 aliphatic carbocycles. The normalized spacial score (nSPS) is 11.0. The predicted molar refractivity (Wildman–Crippen MR) is 73.0 cm³/mol. The molecule has 0 amide bonds. The van der Waals surface area contributed by atoms with Gasteiger partial charge in [-0.2, -0.15) is 4.68 Å². The maximum atomic E-state index is 12.0. The van der Waals surface area contributed by atoms with E-state index in [2.05, 4.69) is 31.4 Å². The number of ether oxygens (including phenoxy) is 1. The Balaban J connectivity index is 2.02. The molecule has 0 aliphatic heterocycles. The minimum absolute atomic E-state index is 0.0459. The lowest BCUT2D eigenvalue weighted by Crippen LogP contribution is -2.24. The van der Waals surface area contributed by atoms with Crippen LogP contribution in [0.2, 0.25) is 1.41 Å². The van der Waals surface area contributed by atoms with Crippen molar-refractivity contribution in [1.29, 1.82) is 0 Å². The van der Waals surface area contributed by atoms with Gasteiger partial charge < -0.3 is 4.74 Å². The summed E-state index contributed by atoms with van der Waals surface area (Å²) in [6, 6.07) is 1.51. The number of rotatable bonds is 4. The van der Waals surface area contributed by atoms with Gasteiger partial charge in [-0.05, 0) is 16.3 Å². The Labute approximate surface area is 125 Å². The predicted octanol–water partition coefficient (Wildman–Crippen LogP) is -0.961. The summed E-state index contributed by atoms with van der Waals surface area (Å²) in [5, 5.41) is 12.0. The molecule has 10 nitrogen and oxygen atoms in total. The van der Waals surface area contributed by atoms with E-state index in [1.807, 2.05) is 0 Å². The van der Waals surface area contributed by atoms with Crippen molar-refractivity contribution in [2.45, 2.75) is 6.61 Å². The van der Waals surface area contributed by atoms with E-state index in [0.717, 1.165) is 14.5 Å². The Morgan fingerprint density at radius 3 is 3.00 bits per heavy atom. The number of hydrogen-bond acceptors (Lipinski definition) is 7. The first kappa shape index (κ1) is 12.3. The van der Waals surface area contributed by atoms with Gasteiger partial charge in [0.2, 0.25) is 5.88 Å². The fraction of sp³-hybridized carbons (Fsp3) is 0.167. The Bertz CT molecular complexity index is 951. The highest BCUT2D eigenvalue weighted by atomic mass is 16.5. The Hall–Kier alpha value is -3.48. The maximum absolute atomic E-state index is 12.0. The van der Waals surface area contributed by atoms with E-state index in [4.69, 9.17) is 12.6 Å². The van der Waals surface area contributed by atoms with Crippen molar-refractivity contribution in [2.24, 2.45) is 7.05 Å². The second kappa shape index (κ2) is 5.49. The van der Waals surface area contributed by atoms with Gasteiger partial charge in [-0.1, -0.05) is 0 Å². The number of nitrogens with zero attached hydrogens (tertiary/aromatic N) is 7. The first-order valence-electron chi connectivity index (χ1n) is 6.52. The van der Waals surface area contributed by atoms with Gasteiger partial charge in [0.25, 0.3) is 0 Å². The molecule has 0 unspecified atom stereocenters. The van der Waals surface area contributed by atoms with Crippen molar-refractivity contribution in [3.05, 3.63) is 40.3 Å². The third-order valence-corrected chi connectivity index (χ3v) is 2.79. The zero-order valence-electron chi connectivity index (χ0n) is 12.4. The van der Waals surface area contributed by atoms with Crippen LogP contribution in [0.25, 0.3) is 5.82 Å². The summed E-state index contributed by atoms with van der Waals surface area (Å²) in [4.78, 5) is 20.0. The van der Waals surface area contributed by atoms with E-state index < -0.39 is 5.69 Å². The molecule has 3 aromatic rings. The topological polar surface area (TPSA) is 116 Å². The van der Waals surface area contributed by atoms with E-state index in [1.165, 1.54) is 25.6 Å². The first-order chi connectivity index (χ1) is 11.1. The van der Waals surface area contributed by atoms with Crippen LogP contribution in [0.15, 0.2) is 23.4 Å². The number of hydrogen-bond donors (Lipinski definition) is 1. The number of aromatic nitrogens is 8. The summed E-state index contributed by atoms with van der Waals surface area (Å²) in [5.41, 5.74) is 0.165. The van der Waals surface area contributed by atoms with Crippen molar-refractivity contribution < 1.29 is 6.15 Å². The van der Waals surface area contributed by atoms with Crippen molar-refractivity contribution in [1.82, 2.24) is 39.9 Å². The number of H-pyrrole nitrogens is 1. The number of aromatic amines is 1. The number of aryl methyl sites for hydroxylation is 1. The summed E-state index contributed by atoms with van der Waals surface area (Å²) < 4.78 is 14.8. The van der Waals surface area contributed by atoms with Crippen LogP contribution in [-0.2, 0) is 13.7 Å². The van der Waals surface area contributed by atoms with Crippen LogP contribution in [0.5, 0.6) is 5.88 Å². The van der Waals surface area contributed by atoms with E-state index in [0.29, 0.717) is 5.56 Å². The average Bonchev–Trinajstić information content (AvgIpc) is 3.11. The molecule has 110 valence electrons. The number of nitrogens with one attached hydrogen (secondary N) is 1. The van der Waals surface area contributed by atoms with E-state index >= 15 is 0 Å². The summed E-state index contributed by atoms with van der Waals surface area (Å²) in [7, 11) is 1.46. The fourth-order valence-electron chi connectivity index (χ4n) is 1.73. The molecular formula is C12H10N8O2. The Morgan fingerprint density at radius 1 is 1.50 bits per heavy atom. The lowest BCUT2D eigenvalue weighted by molar-refractivity contribution is 0.291. The molecule has 0 aromatic carbocycles. The van der Waals surface area contributed by atoms with Crippen LogP contribution in [0, 0.1) is 12.3 Å². The zero-order valence-corrected chi connectivity index (χ0v) is 11.4. The highest BCUT2D eigenvalue weighted by molar-refractivity contribution is 5.42. The van der Waals surface area contributed by atoms with Gasteiger partial charge in [0.15, 0.2) is 7.23 Å². The van der Waals surface area contributed by atoms with Crippen LogP contribution in [0.3, 0.4) is 0 Å². The molecule has 0 bridgehead atoms. The second-order valence-corrected chi connectivity index (χ2v) is 4.12. The minimum atomic E-state index is -0.483. The molecule has 3 heterocycles. The Kier molecular flexibility index (Phi) is 3.06. The van der Waals surface area contributed by atoms with Crippen LogP contribution in [-0.4, -0.2) is 39.9 Å². The molecule has 1 N–H and O–H groups in total. The summed E-state index contributed by atoms with van der Waals surface area (Å²) in [6.45, 7) is -0.0459.